The fourth-order valence-corrected chi connectivity index (χ4v) is 1.98. The standard InChI is InChI=1S/C6H10O4S/c1-11(8,9)5-2-3-10-6(7)4-5/h5H,2-4H2,1H3. The highest BCUT2D eigenvalue weighted by Gasteiger charge is 2.28. The van der Waals surface area contributed by atoms with Crippen molar-refractivity contribution in [2.24, 2.45) is 0 Å². The second kappa shape index (κ2) is 2.81. The molecule has 0 aliphatic carbocycles. The molecule has 0 saturated carbocycles. The van der Waals surface area contributed by atoms with Gasteiger partial charge in [-0.05, 0) is 6.42 Å². The summed E-state index contributed by atoms with van der Waals surface area (Å²) < 4.78 is 26.4. The summed E-state index contributed by atoms with van der Waals surface area (Å²) in [7, 11) is -3.06. The van der Waals surface area contributed by atoms with Crippen LogP contribution in [0.5, 0.6) is 0 Å². The van der Waals surface area contributed by atoms with Crippen molar-refractivity contribution in [2.45, 2.75) is 18.1 Å². The average Bonchev–Trinajstić information content (AvgIpc) is 1.86. The molecule has 1 heterocycles. The van der Waals surface area contributed by atoms with Crippen LogP contribution in [0.4, 0.5) is 0 Å². The number of cyclic esters (lactones) is 1. The number of carbonyl (C=O) groups is 1. The van der Waals surface area contributed by atoms with E-state index < -0.39 is 21.1 Å². The van der Waals surface area contributed by atoms with Crippen molar-refractivity contribution in [3.8, 4) is 0 Å². The molecular weight excluding hydrogens is 168 g/mol. The molecule has 4 nitrogen and oxygen atoms in total. The fourth-order valence-electron chi connectivity index (χ4n) is 1.02. The minimum absolute atomic E-state index is 0.0127. The lowest BCUT2D eigenvalue weighted by Crippen LogP contribution is -2.30. The molecule has 64 valence electrons. The first kappa shape index (κ1) is 8.52. The Hall–Kier alpha value is -0.580. The van der Waals surface area contributed by atoms with E-state index in [4.69, 9.17) is 0 Å². The molecule has 11 heavy (non-hydrogen) atoms. The van der Waals surface area contributed by atoms with E-state index in [1.54, 1.807) is 0 Å². The maximum Gasteiger partial charge on any atom is 0.307 e. The Labute approximate surface area is 65.5 Å². The molecule has 0 N–H and O–H groups in total. The van der Waals surface area contributed by atoms with Crippen LogP contribution in [-0.4, -0.2) is 32.5 Å². The summed E-state index contributed by atoms with van der Waals surface area (Å²) in [4.78, 5) is 10.6. The normalized spacial score (nSPS) is 26.3. The van der Waals surface area contributed by atoms with Crippen LogP contribution in [0, 0.1) is 0 Å². The van der Waals surface area contributed by atoms with Crippen molar-refractivity contribution in [3.63, 3.8) is 0 Å². The topological polar surface area (TPSA) is 60.4 Å². The summed E-state index contributed by atoms with van der Waals surface area (Å²) in [6.07, 6.45) is 1.60. The first-order valence-corrected chi connectivity index (χ1v) is 5.30. The second-order valence-electron chi connectivity index (χ2n) is 2.66. The number of sulfone groups is 1. The van der Waals surface area contributed by atoms with Crippen LogP contribution in [0.15, 0.2) is 0 Å². The van der Waals surface area contributed by atoms with E-state index in [0.29, 0.717) is 6.42 Å². The zero-order valence-corrected chi connectivity index (χ0v) is 7.06. The molecule has 1 unspecified atom stereocenters. The van der Waals surface area contributed by atoms with Gasteiger partial charge in [0, 0.05) is 6.26 Å². The van der Waals surface area contributed by atoms with E-state index in [9.17, 15) is 13.2 Å². The molecule has 0 spiro atoms. The lowest BCUT2D eigenvalue weighted by Gasteiger charge is -2.19. The average molecular weight is 178 g/mol. The van der Waals surface area contributed by atoms with Gasteiger partial charge in [-0.15, -0.1) is 0 Å². The van der Waals surface area contributed by atoms with Gasteiger partial charge in [-0.2, -0.15) is 0 Å². The van der Waals surface area contributed by atoms with Crippen molar-refractivity contribution < 1.29 is 17.9 Å². The summed E-state index contributed by atoms with van der Waals surface area (Å²) in [5.74, 6) is -0.410. The van der Waals surface area contributed by atoms with E-state index in [1.807, 2.05) is 0 Å². The lowest BCUT2D eigenvalue weighted by atomic mass is 10.2. The van der Waals surface area contributed by atoms with Crippen molar-refractivity contribution >= 4 is 15.8 Å². The molecule has 0 radical (unpaired) electrons. The second-order valence-corrected chi connectivity index (χ2v) is 4.99. The van der Waals surface area contributed by atoms with Crippen LogP contribution < -0.4 is 0 Å². The Morgan fingerprint density at radius 2 is 2.18 bits per heavy atom. The monoisotopic (exact) mass is 178 g/mol. The summed E-state index contributed by atoms with van der Waals surface area (Å²) in [6.45, 7) is 0.233. The first-order chi connectivity index (χ1) is 5.00. The van der Waals surface area contributed by atoms with Gasteiger partial charge in [-0.1, -0.05) is 0 Å². The summed E-state index contributed by atoms with van der Waals surface area (Å²) >= 11 is 0. The Balaban J connectivity index is 2.68. The van der Waals surface area contributed by atoms with Crippen molar-refractivity contribution in [3.05, 3.63) is 0 Å². The molecule has 1 atom stereocenters. The smallest absolute Gasteiger partial charge is 0.307 e. The molecule has 0 aromatic heterocycles. The van der Waals surface area contributed by atoms with Gasteiger partial charge in [0.25, 0.3) is 0 Å². The predicted molar refractivity (Wildman–Crippen MR) is 38.8 cm³/mol. The molecule has 1 saturated heterocycles. The van der Waals surface area contributed by atoms with E-state index in [0.717, 1.165) is 6.26 Å². The first-order valence-electron chi connectivity index (χ1n) is 3.34. The molecule has 1 fully saturated rings. The van der Waals surface area contributed by atoms with Crippen LogP contribution >= 0.6 is 0 Å². The van der Waals surface area contributed by atoms with E-state index in [2.05, 4.69) is 4.74 Å². The summed E-state index contributed by atoms with van der Waals surface area (Å²) in [6, 6.07) is 0. The molecule has 5 heteroatoms. The van der Waals surface area contributed by atoms with Crippen LogP contribution in [0.1, 0.15) is 12.8 Å². The summed E-state index contributed by atoms with van der Waals surface area (Å²) in [5.41, 5.74) is 0. The highest BCUT2D eigenvalue weighted by Crippen LogP contribution is 2.15. The molecule has 1 aliphatic heterocycles. The van der Waals surface area contributed by atoms with Gasteiger partial charge in [0.15, 0.2) is 9.84 Å². The van der Waals surface area contributed by atoms with Crippen LogP contribution in [0.3, 0.4) is 0 Å². The third kappa shape index (κ3) is 2.18. The zero-order chi connectivity index (χ0) is 8.48. The molecule has 0 amide bonds. The number of hydrogen-bond donors (Lipinski definition) is 0. The van der Waals surface area contributed by atoms with Crippen LogP contribution in [-0.2, 0) is 19.4 Å². The Morgan fingerprint density at radius 3 is 2.55 bits per heavy atom. The maximum atomic E-state index is 10.9. The minimum atomic E-state index is -3.06. The fraction of sp³-hybridized carbons (Fsp3) is 0.833. The van der Waals surface area contributed by atoms with Gasteiger partial charge in [0.1, 0.15) is 0 Å². The number of ether oxygens (including phenoxy) is 1. The molecule has 1 rings (SSSR count). The summed E-state index contributed by atoms with van der Waals surface area (Å²) in [5, 5.41) is -0.524. The van der Waals surface area contributed by atoms with E-state index in [-0.39, 0.29) is 13.0 Å². The lowest BCUT2D eigenvalue weighted by molar-refractivity contribution is -0.146. The van der Waals surface area contributed by atoms with E-state index >= 15 is 0 Å². The molecular formula is C6H10O4S. The number of hydrogen-bond acceptors (Lipinski definition) is 4. The number of carbonyl (C=O) groups excluding carboxylic acids is 1. The zero-order valence-electron chi connectivity index (χ0n) is 6.24. The van der Waals surface area contributed by atoms with Gasteiger partial charge in [0.2, 0.25) is 0 Å². The van der Waals surface area contributed by atoms with Crippen LogP contribution in [0.2, 0.25) is 0 Å². The van der Waals surface area contributed by atoms with Gasteiger partial charge in [-0.25, -0.2) is 8.42 Å². The third-order valence-corrected chi connectivity index (χ3v) is 3.32. The molecule has 0 aromatic rings. The highest BCUT2D eigenvalue weighted by atomic mass is 32.2. The number of rotatable bonds is 1. The highest BCUT2D eigenvalue weighted by molar-refractivity contribution is 7.91. The molecule has 1 aliphatic rings. The third-order valence-electron chi connectivity index (χ3n) is 1.70. The number of esters is 1. The Kier molecular flexibility index (Phi) is 2.17. The molecule has 0 aromatic carbocycles. The predicted octanol–water partition coefficient (Wildman–Crippen LogP) is -0.263. The Morgan fingerprint density at radius 1 is 1.55 bits per heavy atom. The van der Waals surface area contributed by atoms with Crippen molar-refractivity contribution in [1.29, 1.82) is 0 Å². The van der Waals surface area contributed by atoms with Gasteiger partial charge in [0.05, 0.1) is 18.3 Å². The maximum absolute atomic E-state index is 10.9. The quantitative estimate of drug-likeness (QED) is 0.519. The van der Waals surface area contributed by atoms with E-state index in [1.165, 1.54) is 0 Å². The van der Waals surface area contributed by atoms with Crippen molar-refractivity contribution in [1.82, 2.24) is 0 Å². The largest absolute Gasteiger partial charge is 0.466 e. The van der Waals surface area contributed by atoms with Gasteiger partial charge >= 0.3 is 5.97 Å². The Bertz CT molecular complexity index is 254. The molecule has 0 bridgehead atoms. The van der Waals surface area contributed by atoms with Gasteiger partial charge in [-0.3, -0.25) is 4.79 Å². The minimum Gasteiger partial charge on any atom is -0.466 e. The van der Waals surface area contributed by atoms with Gasteiger partial charge < -0.3 is 4.74 Å². The van der Waals surface area contributed by atoms with Crippen molar-refractivity contribution in [2.75, 3.05) is 12.9 Å². The SMILES string of the molecule is CS(=O)(=O)C1CCOC(=O)C1. The van der Waals surface area contributed by atoms with Crippen LogP contribution in [0.25, 0.3) is 0 Å².